The van der Waals surface area contributed by atoms with Gasteiger partial charge in [-0.3, -0.25) is 0 Å². The van der Waals surface area contributed by atoms with Crippen molar-refractivity contribution in [2.24, 2.45) is 5.73 Å². The highest BCUT2D eigenvalue weighted by molar-refractivity contribution is 5.12. The second-order valence-electron chi connectivity index (χ2n) is 3.74. The molecule has 0 saturated carbocycles. The SMILES string of the molecule is COCCOCCCC1=CC(N)CC1. The Morgan fingerprint density at radius 3 is 2.93 bits per heavy atom. The van der Waals surface area contributed by atoms with E-state index in [1.165, 1.54) is 12.0 Å². The first-order chi connectivity index (χ1) is 6.83. The van der Waals surface area contributed by atoms with Crippen LogP contribution in [0.25, 0.3) is 0 Å². The van der Waals surface area contributed by atoms with Crippen molar-refractivity contribution in [1.82, 2.24) is 0 Å². The maximum absolute atomic E-state index is 5.77. The third kappa shape index (κ3) is 4.74. The molecule has 3 nitrogen and oxygen atoms in total. The number of hydrogen-bond acceptors (Lipinski definition) is 3. The average molecular weight is 199 g/mol. The van der Waals surface area contributed by atoms with E-state index in [1.807, 2.05) is 0 Å². The molecular formula is C11H21NO2. The van der Waals surface area contributed by atoms with Crippen LogP contribution in [0.3, 0.4) is 0 Å². The number of methoxy groups -OCH3 is 1. The Balaban J connectivity index is 1.91. The molecule has 2 N–H and O–H groups in total. The fourth-order valence-corrected chi connectivity index (χ4v) is 1.68. The zero-order valence-corrected chi connectivity index (χ0v) is 9.00. The highest BCUT2D eigenvalue weighted by Crippen LogP contribution is 2.21. The van der Waals surface area contributed by atoms with Gasteiger partial charge in [0.2, 0.25) is 0 Å². The van der Waals surface area contributed by atoms with E-state index in [2.05, 4.69) is 6.08 Å². The largest absolute Gasteiger partial charge is 0.382 e. The number of ether oxygens (including phenoxy) is 2. The van der Waals surface area contributed by atoms with E-state index in [1.54, 1.807) is 7.11 Å². The predicted octanol–water partition coefficient (Wildman–Crippen LogP) is 1.48. The molecule has 1 unspecified atom stereocenters. The maximum atomic E-state index is 5.77. The van der Waals surface area contributed by atoms with Gasteiger partial charge in [-0.2, -0.15) is 0 Å². The smallest absolute Gasteiger partial charge is 0.0700 e. The van der Waals surface area contributed by atoms with Crippen molar-refractivity contribution in [2.45, 2.75) is 31.7 Å². The highest BCUT2D eigenvalue weighted by Gasteiger charge is 2.10. The van der Waals surface area contributed by atoms with Crippen LogP contribution in [0.2, 0.25) is 0 Å². The predicted molar refractivity (Wildman–Crippen MR) is 57.2 cm³/mol. The summed E-state index contributed by atoms with van der Waals surface area (Å²) in [7, 11) is 1.69. The van der Waals surface area contributed by atoms with Crippen molar-refractivity contribution in [3.63, 3.8) is 0 Å². The van der Waals surface area contributed by atoms with Gasteiger partial charge in [0, 0.05) is 19.8 Å². The topological polar surface area (TPSA) is 44.5 Å². The van der Waals surface area contributed by atoms with Crippen LogP contribution in [0, 0.1) is 0 Å². The van der Waals surface area contributed by atoms with Crippen LogP contribution in [-0.4, -0.2) is 33.0 Å². The standard InChI is InChI=1S/C11H21NO2/c1-13-7-8-14-6-2-3-10-4-5-11(12)9-10/h9,11H,2-8,12H2,1H3. The van der Waals surface area contributed by atoms with Crippen molar-refractivity contribution in [3.8, 4) is 0 Å². The second kappa shape index (κ2) is 6.98. The monoisotopic (exact) mass is 199 g/mol. The van der Waals surface area contributed by atoms with Gasteiger partial charge >= 0.3 is 0 Å². The fourth-order valence-electron chi connectivity index (χ4n) is 1.68. The molecule has 1 aliphatic rings. The summed E-state index contributed by atoms with van der Waals surface area (Å²) in [5.41, 5.74) is 7.28. The fraction of sp³-hybridized carbons (Fsp3) is 0.818. The van der Waals surface area contributed by atoms with Crippen LogP contribution < -0.4 is 5.73 Å². The Kier molecular flexibility index (Phi) is 5.83. The molecule has 3 heteroatoms. The molecular weight excluding hydrogens is 178 g/mol. The van der Waals surface area contributed by atoms with E-state index in [4.69, 9.17) is 15.2 Å². The summed E-state index contributed by atoms with van der Waals surface area (Å²) in [5.74, 6) is 0. The van der Waals surface area contributed by atoms with Gasteiger partial charge in [-0.25, -0.2) is 0 Å². The van der Waals surface area contributed by atoms with Crippen LogP contribution in [-0.2, 0) is 9.47 Å². The summed E-state index contributed by atoms with van der Waals surface area (Å²) in [4.78, 5) is 0. The summed E-state index contributed by atoms with van der Waals surface area (Å²) in [6.45, 7) is 2.22. The van der Waals surface area contributed by atoms with E-state index in [9.17, 15) is 0 Å². The molecule has 82 valence electrons. The minimum atomic E-state index is 0.305. The maximum Gasteiger partial charge on any atom is 0.0700 e. The Labute approximate surface area is 86.3 Å². The zero-order chi connectivity index (χ0) is 10.2. The molecule has 0 radical (unpaired) electrons. The quantitative estimate of drug-likeness (QED) is 0.499. The first kappa shape index (κ1) is 11.7. The molecule has 0 aliphatic heterocycles. The average Bonchev–Trinajstić information content (AvgIpc) is 2.58. The number of nitrogens with two attached hydrogens (primary N) is 1. The lowest BCUT2D eigenvalue weighted by atomic mass is 10.1. The van der Waals surface area contributed by atoms with E-state index < -0.39 is 0 Å². The summed E-state index contributed by atoms with van der Waals surface area (Å²) < 4.78 is 10.3. The Morgan fingerprint density at radius 2 is 2.29 bits per heavy atom. The van der Waals surface area contributed by atoms with Crippen LogP contribution in [0.1, 0.15) is 25.7 Å². The highest BCUT2D eigenvalue weighted by atomic mass is 16.5. The van der Waals surface area contributed by atoms with Crippen molar-refractivity contribution >= 4 is 0 Å². The van der Waals surface area contributed by atoms with Crippen molar-refractivity contribution in [3.05, 3.63) is 11.6 Å². The molecule has 1 atom stereocenters. The van der Waals surface area contributed by atoms with Gasteiger partial charge in [-0.1, -0.05) is 11.6 Å². The third-order valence-electron chi connectivity index (χ3n) is 2.47. The van der Waals surface area contributed by atoms with E-state index >= 15 is 0 Å². The number of hydrogen-bond donors (Lipinski definition) is 1. The molecule has 0 amide bonds. The number of rotatable bonds is 7. The van der Waals surface area contributed by atoms with Gasteiger partial charge in [0.25, 0.3) is 0 Å². The molecule has 0 aromatic carbocycles. The van der Waals surface area contributed by atoms with Crippen LogP contribution in [0.4, 0.5) is 0 Å². The summed E-state index contributed by atoms with van der Waals surface area (Å²) in [6.07, 6.45) is 6.75. The zero-order valence-electron chi connectivity index (χ0n) is 9.00. The summed E-state index contributed by atoms with van der Waals surface area (Å²) >= 11 is 0. The molecule has 1 rings (SSSR count). The molecule has 0 bridgehead atoms. The normalized spacial score (nSPS) is 21.3. The van der Waals surface area contributed by atoms with E-state index in [0.717, 1.165) is 25.9 Å². The van der Waals surface area contributed by atoms with Crippen LogP contribution in [0.15, 0.2) is 11.6 Å². The molecule has 0 spiro atoms. The first-order valence-electron chi connectivity index (χ1n) is 5.34. The molecule has 14 heavy (non-hydrogen) atoms. The molecule has 1 aliphatic carbocycles. The van der Waals surface area contributed by atoms with Crippen LogP contribution >= 0.6 is 0 Å². The van der Waals surface area contributed by atoms with E-state index in [0.29, 0.717) is 19.3 Å². The lowest BCUT2D eigenvalue weighted by Gasteiger charge is -2.03. The summed E-state index contributed by atoms with van der Waals surface area (Å²) in [5, 5.41) is 0. The van der Waals surface area contributed by atoms with Crippen molar-refractivity contribution < 1.29 is 9.47 Å². The van der Waals surface area contributed by atoms with Gasteiger partial charge in [0.15, 0.2) is 0 Å². The number of allylic oxidation sites excluding steroid dienone is 1. The Hall–Kier alpha value is -0.380. The van der Waals surface area contributed by atoms with Gasteiger partial charge < -0.3 is 15.2 Å². The lowest BCUT2D eigenvalue weighted by molar-refractivity contribution is 0.0695. The third-order valence-corrected chi connectivity index (χ3v) is 2.47. The minimum Gasteiger partial charge on any atom is -0.382 e. The second-order valence-corrected chi connectivity index (χ2v) is 3.74. The van der Waals surface area contributed by atoms with Gasteiger partial charge in [-0.05, 0) is 25.7 Å². The van der Waals surface area contributed by atoms with E-state index in [-0.39, 0.29) is 0 Å². The Morgan fingerprint density at radius 1 is 1.43 bits per heavy atom. The minimum absolute atomic E-state index is 0.305. The van der Waals surface area contributed by atoms with Gasteiger partial charge in [-0.15, -0.1) is 0 Å². The summed E-state index contributed by atoms with van der Waals surface area (Å²) in [6, 6.07) is 0.305. The van der Waals surface area contributed by atoms with Gasteiger partial charge in [0.1, 0.15) is 0 Å². The molecule has 0 heterocycles. The van der Waals surface area contributed by atoms with Crippen LogP contribution in [0.5, 0.6) is 0 Å². The van der Waals surface area contributed by atoms with Gasteiger partial charge in [0.05, 0.1) is 13.2 Å². The van der Waals surface area contributed by atoms with Crippen molar-refractivity contribution in [2.75, 3.05) is 26.9 Å². The molecule has 0 aromatic heterocycles. The first-order valence-corrected chi connectivity index (χ1v) is 5.34. The Bertz CT molecular complexity index is 180. The van der Waals surface area contributed by atoms with Crippen molar-refractivity contribution in [1.29, 1.82) is 0 Å². The molecule has 0 aromatic rings. The molecule has 0 saturated heterocycles. The lowest BCUT2D eigenvalue weighted by Crippen LogP contribution is -2.11. The molecule has 0 fully saturated rings.